The van der Waals surface area contributed by atoms with Crippen LogP contribution < -0.4 is 10.6 Å². The molecular weight excluding hydrogens is 374 g/mol. The smallest absolute Gasteiger partial charge is 0.234 e. The number of hydrogen-bond donors (Lipinski definition) is 2. The van der Waals surface area contributed by atoms with Gasteiger partial charge in [-0.2, -0.15) is 0 Å². The monoisotopic (exact) mass is 415 g/mol. The van der Waals surface area contributed by atoms with Crippen LogP contribution in [-0.4, -0.2) is 46.4 Å². The van der Waals surface area contributed by atoms with Crippen LogP contribution in [0.25, 0.3) is 0 Å². The lowest BCUT2D eigenvalue weighted by Gasteiger charge is -2.57. The standard InChI is InChI=1S/C25H41N3O2/c1-24(2,3)26-23(30)15-28-20-4-5-21(28)10-16(9-20)11-22(29)27-25-12-17-6-18(13-25)8-19(7-17)14-25/h16-21H,4-15H2,1-3H3,(H,26,30)(H,27,29)/t16-,17?,18?,19?,20+,21-,25?. The number of amides is 2. The van der Waals surface area contributed by atoms with Crippen molar-refractivity contribution in [3.8, 4) is 0 Å². The van der Waals surface area contributed by atoms with Crippen molar-refractivity contribution < 1.29 is 9.59 Å². The Balaban J connectivity index is 1.14. The van der Waals surface area contributed by atoms with Crippen LogP contribution in [0.5, 0.6) is 0 Å². The zero-order valence-corrected chi connectivity index (χ0v) is 19.2. The normalized spacial score (nSPS) is 42.4. The molecule has 6 aliphatic rings. The van der Waals surface area contributed by atoms with Crippen LogP contribution in [0, 0.1) is 23.7 Å². The molecule has 2 heterocycles. The number of nitrogens with one attached hydrogen (secondary N) is 2. The molecule has 0 aromatic carbocycles. The molecule has 2 saturated heterocycles. The predicted molar refractivity (Wildman–Crippen MR) is 118 cm³/mol. The Morgan fingerprint density at radius 1 is 0.867 bits per heavy atom. The summed E-state index contributed by atoms with van der Waals surface area (Å²) < 4.78 is 0. The summed E-state index contributed by atoms with van der Waals surface area (Å²) in [5.74, 6) is 3.54. The van der Waals surface area contributed by atoms with Crippen LogP contribution >= 0.6 is 0 Å². The Morgan fingerprint density at radius 2 is 1.40 bits per heavy atom. The third-order valence-corrected chi connectivity index (χ3v) is 8.74. The number of rotatable bonds is 5. The molecule has 2 N–H and O–H groups in total. The van der Waals surface area contributed by atoms with Crippen molar-refractivity contribution in [3.63, 3.8) is 0 Å². The second-order valence-corrected chi connectivity index (χ2v) is 12.6. The van der Waals surface area contributed by atoms with E-state index in [0.29, 0.717) is 36.9 Å². The highest BCUT2D eigenvalue weighted by Gasteiger charge is 2.51. The molecule has 2 amide bonds. The second-order valence-electron chi connectivity index (χ2n) is 12.6. The quantitative estimate of drug-likeness (QED) is 0.721. The Hall–Kier alpha value is -1.10. The number of carbonyl (C=O) groups is 2. The molecule has 4 aliphatic carbocycles. The molecular formula is C25H41N3O2. The van der Waals surface area contributed by atoms with Crippen LogP contribution in [0.15, 0.2) is 0 Å². The number of carbonyl (C=O) groups excluding carboxylic acids is 2. The summed E-state index contributed by atoms with van der Waals surface area (Å²) in [6.45, 7) is 6.62. The van der Waals surface area contributed by atoms with Gasteiger partial charge in [0.05, 0.1) is 6.54 Å². The summed E-state index contributed by atoms with van der Waals surface area (Å²) in [7, 11) is 0. The third kappa shape index (κ3) is 4.28. The van der Waals surface area contributed by atoms with Gasteiger partial charge in [0, 0.05) is 29.6 Å². The number of hydrogen-bond acceptors (Lipinski definition) is 3. The number of piperidine rings is 1. The molecule has 6 bridgehead atoms. The molecule has 4 saturated carbocycles. The lowest BCUT2D eigenvalue weighted by molar-refractivity contribution is -0.129. The van der Waals surface area contributed by atoms with Gasteiger partial charge in [0.1, 0.15) is 0 Å². The van der Waals surface area contributed by atoms with E-state index in [4.69, 9.17) is 0 Å². The van der Waals surface area contributed by atoms with Gasteiger partial charge < -0.3 is 10.6 Å². The molecule has 0 spiro atoms. The summed E-state index contributed by atoms with van der Waals surface area (Å²) in [5, 5.41) is 6.68. The van der Waals surface area contributed by atoms with Gasteiger partial charge in [-0.25, -0.2) is 0 Å². The molecule has 3 atom stereocenters. The SMILES string of the molecule is CC(C)(C)NC(=O)CN1[C@@H]2CC[C@H]1C[C@@H](CC(=O)NC13CC4CC(CC(C4)C1)C3)C2. The summed E-state index contributed by atoms with van der Waals surface area (Å²) in [6.07, 6.45) is 13.2. The van der Waals surface area contributed by atoms with Gasteiger partial charge in [-0.15, -0.1) is 0 Å². The molecule has 30 heavy (non-hydrogen) atoms. The summed E-state index contributed by atoms with van der Waals surface area (Å²) in [6, 6.07) is 0.957. The van der Waals surface area contributed by atoms with Crippen LogP contribution in [0.1, 0.15) is 91.4 Å². The Bertz CT molecular complexity index is 648. The first-order valence-electron chi connectivity index (χ1n) is 12.5. The first-order valence-corrected chi connectivity index (χ1v) is 12.5. The summed E-state index contributed by atoms with van der Waals surface area (Å²) in [5.41, 5.74) is -0.0413. The average Bonchev–Trinajstić information content (AvgIpc) is 2.81. The fourth-order valence-corrected chi connectivity index (χ4v) is 8.31. The van der Waals surface area contributed by atoms with Crippen LogP contribution in [0.4, 0.5) is 0 Å². The van der Waals surface area contributed by atoms with Gasteiger partial charge in [0.2, 0.25) is 11.8 Å². The van der Waals surface area contributed by atoms with E-state index >= 15 is 0 Å². The van der Waals surface area contributed by atoms with Crippen LogP contribution in [0.2, 0.25) is 0 Å². The molecule has 0 unspecified atom stereocenters. The minimum Gasteiger partial charge on any atom is -0.351 e. The van der Waals surface area contributed by atoms with Crippen molar-refractivity contribution >= 4 is 11.8 Å². The molecule has 168 valence electrons. The van der Waals surface area contributed by atoms with Gasteiger partial charge in [0.15, 0.2) is 0 Å². The van der Waals surface area contributed by atoms with Crippen LogP contribution in [-0.2, 0) is 9.59 Å². The van der Waals surface area contributed by atoms with Crippen molar-refractivity contribution in [2.45, 2.75) is 115 Å². The molecule has 6 rings (SSSR count). The fourth-order valence-electron chi connectivity index (χ4n) is 8.31. The minimum absolute atomic E-state index is 0.135. The molecule has 5 heteroatoms. The first kappa shape index (κ1) is 20.8. The molecule has 6 fully saturated rings. The highest BCUT2D eigenvalue weighted by atomic mass is 16.2. The van der Waals surface area contributed by atoms with E-state index in [-0.39, 0.29) is 17.0 Å². The molecule has 5 nitrogen and oxygen atoms in total. The van der Waals surface area contributed by atoms with E-state index in [1.54, 1.807) is 0 Å². The van der Waals surface area contributed by atoms with Gasteiger partial charge in [-0.05, 0) is 109 Å². The third-order valence-electron chi connectivity index (χ3n) is 8.74. The maximum atomic E-state index is 13.1. The highest BCUT2D eigenvalue weighted by Crippen LogP contribution is 2.55. The van der Waals surface area contributed by atoms with Crippen molar-refractivity contribution in [1.29, 1.82) is 0 Å². The highest BCUT2D eigenvalue weighted by molar-refractivity contribution is 5.79. The topological polar surface area (TPSA) is 61.4 Å². The van der Waals surface area contributed by atoms with Crippen molar-refractivity contribution in [3.05, 3.63) is 0 Å². The van der Waals surface area contributed by atoms with E-state index in [1.165, 1.54) is 51.4 Å². The Labute approximate surface area is 182 Å². The van der Waals surface area contributed by atoms with Gasteiger partial charge in [0.25, 0.3) is 0 Å². The zero-order valence-electron chi connectivity index (χ0n) is 19.2. The van der Waals surface area contributed by atoms with Crippen molar-refractivity contribution in [2.24, 2.45) is 23.7 Å². The summed E-state index contributed by atoms with van der Waals surface area (Å²) in [4.78, 5) is 27.9. The van der Waals surface area contributed by atoms with E-state index in [9.17, 15) is 9.59 Å². The lowest BCUT2D eigenvalue weighted by atomic mass is 9.53. The van der Waals surface area contributed by atoms with Crippen LogP contribution in [0.3, 0.4) is 0 Å². The molecule has 0 aromatic rings. The second kappa shape index (κ2) is 7.50. The van der Waals surface area contributed by atoms with Crippen molar-refractivity contribution in [1.82, 2.24) is 15.5 Å². The van der Waals surface area contributed by atoms with Crippen molar-refractivity contribution in [2.75, 3.05) is 6.54 Å². The lowest BCUT2D eigenvalue weighted by Crippen LogP contribution is -2.60. The predicted octanol–water partition coefficient (Wildman–Crippen LogP) is 3.62. The first-order chi connectivity index (χ1) is 14.2. The Kier molecular flexibility index (Phi) is 5.19. The number of nitrogens with zero attached hydrogens (tertiary/aromatic N) is 1. The Morgan fingerprint density at radius 3 is 1.90 bits per heavy atom. The summed E-state index contributed by atoms with van der Waals surface area (Å²) >= 11 is 0. The molecule has 2 aliphatic heterocycles. The van der Waals surface area contributed by atoms with E-state index in [0.717, 1.165) is 30.6 Å². The molecule has 0 aromatic heterocycles. The molecule has 0 radical (unpaired) electrons. The van der Waals surface area contributed by atoms with Gasteiger partial charge >= 0.3 is 0 Å². The van der Waals surface area contributed by atoms with E-state index in [2.05, 4.69) is 15.5 Å². The average molecular weight is 416 g/mol. The van der Waals surface area contributed by atoms with Gasteiger partial charge in [-0.3, -0.25) is 14.5 Å². The fraction of sp³-hybridized carbons (Fsp3) is 0.920. The van der Waals surface area contributed by atoms with E-state index < -0.39 is 0 Å². The maximum Gasteiger partial charge on any atom is 0.234 e. The number of fused-ring (bicyclic) bond motifs is 2. The zero-order chi connectivity index (χ0) is 21.1. The minimum atomic E-state index is -0.177. The maximum absolute atomic E-state index is 13.1. The largest absolute Gasteiger partial charge is 0.351 e. The van der Waals surface area contributed by atoms with E-state index in [1.807, 2.05) is 20.8 Å². The van der Waals surface area contributed by atoms with Gasteiger partial charge in [-0.1, -0.05) is 0 Å².